The summed E-state index contributed by atoms with van der Waals surface area (Å²) in [6.07, 6.45) is -5.15. The van der Waals surface area contributed by atoms with Crippen LogP contribution < -0.4 is 16.0 Å². The Bertz CT molecular complexity index is 1290. The average Bonchev–Trinajstić information content (AvgIpc) is 2.60. The quantitative estimate of drug-likeness (QED) is 0.685. The maximum absolute atomic E-state index is 14.4. The summed E-state index contributed by atoms with van der Waals surface area (Å²) in [4.78, 5) is 24.7. The van der Waals surface area contributed by atoms with E-state index in [-0.39, 0.29) is 21.3 Å². The minimum absolute atomic E-state index is 0.0338. The third kappa shape index (κ3) is 4.13. The fourth-order valence-corrected chi connectivity index (χ4v) is 3.16. The Morgan fingerprint density at radius 1 is 1.10 bits per heavy atom. The standard InChI is InChI=1S/C15H9F7N4O4S/c1-6-11(14(17,18)19)25(2)13(28)26(12(6)27)10-4-9(7(5-23)3-8(10)16)24-31(29,30)15(20,21)22/h3-4,24H,1-2H3. The summed E-state index contributed by atoms with van der Waals surface area (Å²) < 4.78 is 115. The Morgan fingerprint density at radius 3 is 2.10 bits per heavy atom. The lowest BCUT2D eigenvalue weighted by Crippen LogP contribution is -2.43. The van der Waals surface area contributed by atoms with E-state index in [4.69, 9.17) is 5.26 Å². The SMILES string of the molecule is Cc1c(C(F)(F)F)n(C)c(=O)n(-c2cc(NS(=O)(=O)C(F)(F)F)c(C#N)cc2F)c1=O. The van der Waals surface area contributed by atoms with E-state index in [1.165, 1.54) is 6.07 Å². The zero-order chi connectivity index (χ0) is 24.1. The molecular formula is C15H9F7N4O4S. The monoisotopic (exact) mass is 474 g/mol. The van der Waals surface area contributed by atoms with Crippen LogP contribution in [-0.2, 0) is 23.2 Å². The Balaban J connectivity index is 2.91. The molecule has 0 bridgehead atoms. The van der Waals surface area contributed by atoms with Gasteiger partial charge in [0.2, 0.25) is 0 Å². The van der Waals surface area contributed by atoms with Gasteiger partial charge in [0.1, 0.15) is 17.6 Å². The first-order chi connectivity index (χ1) is 13.9. The molecule has 0 saturated carbocycles. The predicted octanol–water partition coefficient (Wildman–Crippen LogP) is 2.14. The summed E-state index contributed by atoms with van der Waals surface area (Å²) in [5.41, 5.74) is -15.2. The molecule has 16 heteroatoms. The molecule has 8 nitrogen and oxygen atoms in total. The zero-order valence-electron chi connectivity index (χ0n) is 15.2. The molecule has 0 spiro atoms. The van der Waals surface area contributed by atoms with Crippen LogP contribution >= 0.6 is 0 Å². The summed E-state index contributed by atoms with van der Waals surface area (Å²) in [7, 11) is -5.49. The number of nitrogens with one attached hydrogen (secondary N) is 1. The molecule has 0 aliphatic rings. The van der Waals surface area contributed by atoms with Crippen LogP contribution in [0.1, 0.15) is 16.8 Å². The molecule has 2 rings (SSSR count). The molecule has 0 atom stereocenters. The van der Waals surface area contributed by atoms with E-state index < -0.39 is 67.0 Å². The molecule has 1 aromatic heterocycles. The Morgan fingerprint density at radius 2 is 1.65 bits per heavy atom. The number of alkyl halides is 6. The highest BCUT2D eigenvalue weighted by atomic mass is 32.2. The Kier molecular flexibility index (Phi) is 5.72. The van der Waals surface area contributed by atoms with Gasteiger partial charge in [0.05, 0.1) is 16.9 Å². The van der Waals surface area contributed by atoms with Gasteiger partial charge >= 0.3 is 27.4 Å². The summed E-state index contributed by atoms with van der Waals surface area (Å²) in [5, 5.41) is 8.94. The van der Waals surface area contributed by atoms with E-state index in [0.29, 0.717) is 14.0 Å². The topological polar surface area (TPSA) is 114 Å². The number of nitrogens with zero attached hydrogens (tertiary/aromatic N) is 3. The van der Waals surface area contributed by atoms with Crippen molar-refractivity contribution in [1.29, 1.82) is 5.26 Å². The second-order valence-electron chi connectivity index (χ2n) is 5.97. The molecule has 0 saturated heterocycles. The molecule has 0 amide bonds. The molecule has 0 radical (unpaired) electrons. The molecule has 168 valence electrons. The largest absolute Gasteiger partial charge is 0.516 e. The van der Waals surface area contributed by atoms with Gasteiger partial charge in [0.15, 0.2) is 0 Å². The van der Waals surface area contributed by atoms with Gasteiger partial charge in [-0.05, 0) is 19.1 Å². The van der Waals surface area contributed by atoms with Crippen LogP contribution in [0.4, 0.5) is 36.4 Å². The van der Waals surface area contributed by atoms with Crippen molar-refractivity contribution in [3.05, 3.63) is 55.6 Å². The highest BCUT2D eigenvalue weighted by Crippen LogP contribution is 2.31. The predicted molar refractivity (Wildman–Crippen MR) is 90.3 cm³/mol. The molecule has 1 aromatic carbocycles. The lowest BCUT2D eigenvalue weighted by Gasteiger charge is -2.18. The van der Waals surface area contributed by atoms with Crippen LogP contribution in [0.2, 0.25) is 0 Å². The van der Waals surface area contributed by atoms with Gasteiger partial charge in [-0.2, -0.15) is 40.0 Å². The van der Waals surface area contributed by atoms with E-state index in [0.717, 1.165) is 4.72 Å². The second kappa shape index (κ2) is 7.41. The summed E-state index contributed by atoms with van der Waals surface area (Å²) in [6.45, 7) is 0.677. The summed E-state index contributed by atoms with van der Waals surface area (Å²) in [6, 6.07) is 1.64. The fraction of sp³-hybridized carbons (Fsp3) is 0.267. The number of hydrogen-bond donors (Lipinski definition) is 1. The second-order valence-corrected chi connectivity index (χ2v) is 7.64. The van der Waals surface area contributed by atoms with Crippen LogP contribution in [0, 0.1) is 24.1 Å². The van der Waals surface area contributed by atoms with Crippen molar-refractivity contribution >= 4 is 15.7 Å². The zero-order valence-corrected chi connectivity index (χ0v) is 16.0. The third-order valence-electron chi connectivity index (χ3n) is 3.96. The smallest absolute Gasteiger partial charge is 0.292 e. The maximum Gasteiger partial charge on any atom is 0.516 e. The van der Waals surface area contributed by atoms with Crippen LogP contribution in [-0.4, -0.2) is 23.1 Å². The number of hydrogen-bond acceptors (Lipinski definition) is 5. The van der Waals surface area contributed by atoms with E-state index in [1.807, 2.05) is 0 Å². The third-order valence-corrected chi connectivity index (χ3v) is 5.06. The van der Waals surface area contributed by atoms with Crippen molar-refractivity contribution in [2.45, 2.75) is 18.6 Å². The highest BCUT2D eigenvalue weighted by Gasteiger charge is 2.46. The van der Waals surface area contributed by atoms with Crippen LogP contribution in [0.15, 0.2) is 21.7 Å². The van der Waals surface area contributed by atoms with Gasteiger partial charge < -0.3 is 0 Å². The molecule has 0 unspecified atom stereocenters. The van der Waals surface area contributed by atoms with Crippen molar-refractivity contribution in [2.75, 3.05) is 4.72 Å². The lowest BCUT2D eigenvalue weighted by atomic mass is 10.1. The van der Waals surface area contributed by atoms with Crippen molar-refractivity contribution in [3.63, 3.8) is 0 Å². The van der Waals surface area contributed by atoms with Crippen molar-refractivity contribution in [3.8, 4) is 11.8 Å². The normalized spacial score (nSPS) is 12.5. The number of aromatic nitrogens is 2. The Labute approximate surface area is 167 Å². The maximum atomic E-state index is 14.4. The van der Waals surface area contributed by atoms with Crippen LogP contribution in [0.25, 0.3) is 5.69 Å². The first-order valence-corrected chi connectivity index (χ1v) is 9.15. The molecule has 2 aromatic rings. The molecule has 31 heavy (non-hydrogen) atoms. The van der Waals surface area contributed by atoms with Crippen LogP contribution in [0.3, 0.4) is 0 Å². The number of anilines is 1. The van der Waals surface area contributed by atoms with Crippen molar-refractivity contribution in [2.24, 2.45) is 7.05 Å². The van der Waals surface area contributed by atoms with Gasteiger partial charge in [-0.3, -0.25) is 14.1 Å². The minimum atomic E-state index is -6.10. The van der Waals surface area contributed by atoms with Gasteiger partial charge in [0, 0.05) is 12.6 Å². The molecule has 1 heterocycles. The van der Waals surface area contributed by atoms with Crippen LogP contribution in [0.5, 0.6) is 0 Å². The van der Waals surface area contributed by atoms with Crippen molar-refractivity contribution in [1.82, 2.24) is 9.13 Å². The first-order valence-electron chi connectivity index (χ1n) is 7.67. The molecule has 0 aliphatic carbocycles. The molecular weight excluding hydrogens is 465 g/mol. The number of sulfonamides is 1. The number of halogens is 7. The first kappa shape index (κ1) is 23.9. The summed E-state index contributed by atoms with van der Waals surface area (Å²) >= 11 is 0. The van der Waals surface area contributed by atoms with E-state index in [1.54, 1.807) is 0 Å². The summed E-state index contributed by atoms with van der Waals surface area (Å²) in [5.74, 6) is -1.56. The average molecular weight is 474 g/mol. The Hall–Kier alpha value is -3.35. The van der Waals surface area contributed by atoms with E-state index in [9.17, 15) is 48.7 Å². The fourth-order valence-electron chi connectivity index (χ4n) is 2.58. The minimum Gasteiger partial charge on any atom is -0.292 e. The van der Waals surface area contributed by atoms with Gasteiger partial charge in [-0.1, -0.05) is 0 Å². The van der Waals surface area contributed by atoms with Crippen molar-refractivity contribution < 1.29 is 39.2 Å². The van der Waals surface area contributed by atoms with E-state index in [2.05, 4.69) is 0 Å². The van der Waals surface area contributed by atoms with Gasteiger partial charge in [0.25, 0.3) is 5.56 Å². The van der Waals surface area contributed by atoms with Gasteiger partial charge in [-0.25, -0.2) is 13.8 Å². The van der Waals surface area contributed by atoms with E-state index >= 15 is 0 Å². The number of rotatable bonds is 3. The number of benzene rings is 1. The number of nitriles is 1. The molecule has 0 aliphatic heterocycles. The molecule has 1 N–H and O–H groups in total. The lowest BCUT2D eigenvalue weighted by molar-refractivity contribution is -0.144. The van der Waals surface area contributed by atoms with Gasteiger partial charge in [-0.15, -0.1) is 0 Å². The molecule has 0 fully saturated rings. The highest BCUT2D eigenvalue weighted by molar-refractivity contribution is 7.93.